The van der Waals surface area contributed by atoms with E-state index in [1.807, 2.05) is 11.3 Å². The van der Waals surface area contributed by atoms with Crippen molar-refractivity contribution in [1.82, 2.24) is 14.5 Å². The lowest BCUT2D eigenvalue weighted by molar-refractivity contribution is 0.0853. The van der Waals surface area contributed by atoms with Crippen LogP contribution < -0.4 is 0 Å². The highest BCUT2D eigenvalue weighted by Crippen LogP contribution is 2.37. The molecule has 3 nitrogen and oxygen atoms in total. The van der Waals surface area contributed by atoms with Crippen LogP contribution in [0, 0.1) is 0 Å². The van der Waals surface area contributed by atoms with Crippen molar-refractivity contribution in [2.45, 2.75) is 38.8 Å². The predicted octanol–water partition coefficient (Wildman–Crippen LogP) is 3.67. The third kappa shape index (κ3) is 2.22. The van der Waals surface area contributed by atoms with Crippen LogP contribution in [-0.4, -0.2) is 21.0 Å². The lowest BCUT2D eigenvalue weighted by atomic mass is 10.0. The Bertz CT molecular complexity index is 504. The van der Waals surface area contributed by atoms with Crippen molar-refractivity contribution in [3.8, 4) is 0 Å². The molecule has 0 bridgehead atoms. The summed E-state index contributed by atoms with van der Waals surface area (Å²) in [5, 5.41) is 6.43. The molecule has 2 aromatic heterocycles. The minimum Gasteiger partial charge on any atom is -0.290 e. The molecule has 1 saturated heterocycles. The number of nitrogens with zero attached hydrogens (tertiary/aromatic N) is 3. The van der Waals surface area contributed by atoms with Crippen LogP contribution in [-0.2, 0) is 6.54 Å². The Morgan fingerprint density at radius 3 is 3.00 bits per heavy atom. The fourth-order valence-corrected chi connectivity index (χ4v) is 4.10. The molecular formula is C13H17N3S2. The van der Waals surface area contributed by atoms with E-state index in [9.17, 15) is 0 Å². The molecule has 0 spiro atoms. The Morgan fingerprint density at radius 2 is 2.39 bits per heavy atom. The largest absolute Gasteiger partial charge is 0.290 e. The quantitative estimate of drug-likeness (QED) is 0.855. The molecule has 0 amide bonds. The molecule has 3 rings (SSSR count). The van der Waals surface area contributed by atoms with Gasteiger partial charge in [-0.1, -0.05) is 24.4 Å². The van der Waals surface area contributed by atoms with E-state index in [1.54, 1.807) is 11.5 Å². The normalized spacial score (nSPS) is 20.3. The molecule has 0 aromatic carbocycles. The molecule has 96 valence electrons. The maximum Gasteiger partial charge on any atom is 0.0826 e. The van der Waals surface area contributed by atoms with Gasteiger partial charge < -0.3 is 0 Å². The second-order valence-corrected chi connectivity index (χ2v) is 6.84. The van der Waals surface area contributed by atoms with Gasteiger partial charge in [0.25, 0.3) is 0 Å². The lowest BCUT2D eigenvalue weighted by Gasteiger charge is -2.40. The Morgan fingerprint density at radius 1 is 1.50 bits per heavy atom. The Balaban J connectivity index is 1.72. The monoisotopic (exact) mass is 279 g/mol. The fraction of sp³-hybridized carbons (Fsp3) is 0.538. The van der Waals surface area contributed by atoms with E-state index in [4.69, 9.17) is 0 Å². The van der Waals surface area contributed by atoms with Crippen LogP contribution in [0.1, 0.15) is 47.7 Å². The maximum atomic E-state index is 4.26. The molecule has 5 heteroatoms. The number of rotatable bonds is 4. The lowest BCUT2D eigenvalue weighted by Crippen LogP contribution is -2.39. The summed E-state index contributed by atoms with van der Waals surface area (Å²) in [6, 6.07) is 5.01. The van der Waals surface area contributed by atoms with Crippen LogP contribution in [0.2, 0.25) is 0 Å². The van der Waals surface area contributed by atoms with Gasteiger partial charge in [-0.3, -0.25) is 4.90 Å². The summed E-state index contributed by atoms with van der Waals surface area (Å²) < 4.78 is 4.11. The van der Waals surface area contributed by atoms with Crippen LogP contribution in [0.15, 0.2) is 17.5 Å². The van der Waals surface area contributed by atoms with Gasteiger partial charge in [0.1, 0.15) is 0 Å². The zero-order valence-corrected chi connectivity index (χ0v) is 12.3. The maximum absolute atomic E-state index is 4.26. The van der Waals surface area contributed by atoms with Crippen LogP contribution in [0.5, 0.6) is 0 Å². The summed E-state index contributed by atoms with van der Waals surface area (Å²) >= 11 is 3.42. The van der Waals surface area contributed by atoms with Crippen molar-refractivity contribution >= 4 is 22.9 Å². The van der Waals surface area contributed by atoms with Gasteiger partial charge in [0.15, 0.2) is 0 Å². The summed E-state index contributed by atoms with van der Waals surface area (Å²) in [6.45, 7) is 6.58. The number of thiophene rings is 1. The molecule has 1 aliphatic rings. The Kier molecular flexibility index (Phi) is 3.46. The van der Waals surface area contributed by atoms with Crippen LogP contribution in [0.4, 0.5) is 0 Å². The molecule has 1 fully saturated rings. The summed E-state index contributed by atoms with van der Waals surface area (Å²) in [4.78, 5) is 5.36. The number of likely N-dealkylation sites (tertiary alicyclic amines) is 1. The highest BCUT2D eigenvalue weighted by molar-refractivity contribution is 7.10. The smallest absolute Gasteiger partial charge is 0.0826 e. The van der Waals surface area contributed by atoms with Gasteiger partial charge in [-0.05, 0) is 35.3 Å². The van der Waals surface area contributed by atoms with E-state index in [0.717, 1.165) is 6.54 Å². The first kappa shape index (κ1) is 12.3. The molecule has 2 aromatic rings. The first-order valence-electron chi connectivity index (χ1n) is 6.34. The molecule has 1 aliphatic heterocycles. The van der Waals surface area contributed by atoms with E-state index in [-0.39, 0.29) is 0 Å². The molecule has 0 aliphatic carbocycles. The van der Waals surface area contributed by atoms with E-state index in [1.165, 1.54) is 28.4 Å². The van der Waals surface area contributed by atoms with E-state index < -0.39 is 0 Å². The average Bonchev–Trinajstić information content (AvgIpc) is 2.94. The van der Waals surface area contributed by atoms with Gasteiger partial charge >= 0.3 is 0 Å². The van der Waals surface area contributed by atoms with Gasteiger partial charge in [0.05, 0.1) is 10.6 Å². The topological polar surface area (TPSA) is 29.0 Å². The van der Waals surface area contributed by atoms with Crippen molar-refractivity contribution < 1.29 is 0 Å². The minimum absolute atomic E-state index is 0.472. The van der Waals surface area contributed by atoms with E-state index in [2.05, 4.69) is 45.8 Å². The van der Waals surface area contributed by atoms with Gasteiger partial charge in [0.2, 0.25) is 0 Å². The molecule has 0 radical (unpaired) electrons. The number of hydrogen-bond donors (Lipinski definition) is 0. The third-order valence-electron chi connectivity index (χ3n) is 3.48. The second kappa shape index (κ2) is 5.07. The molecule has 18 heavy (non-hydrogen) atoms. The molecule has 0 N–H and O–H groups in total. The fourth-order valence-electron chi connectivity index (χ4n) is 2.38. The summed E-state index contributed by atoms with van der Waals surface area (Å²) in [7, 11) is 0. The standard InChI is InChI=1S/C13H17N3S2/c1-9(2)13-12(18-15-14-13)8-16-6-5-10(16)11-4-3-7-17-11/h3-4,7,9-10H,5-6,8H2,1-2H3/t10-/m0/s1. The number of hydrogen-bond acceptors (Lipinski definition) is 5. The molecule has 1 atom stereocenters. The third-order valence-corrected chi connectivity index (χ3v) is 5.18. The van der Waals surface area contributed by atoms with E-state index >= 15 is 0 Å². The van der Waals surface area contributed by atoms with Crippen LogP contribution >= 0.6 is 22.9 Å². The van der Waals surface area contributed by atoms with Gasteiger partial charge in [-0.2, -0.15) is 0 Å². The molecule has 3 heterocycles. The summed E-state index contributed by atoms with van der Waals surface area (Å²) in [5.41, 5.74) is 1.18. The van der Waals surface area contributed by atoms with Crippen LogP contribution in [0.3, 0.4) is 0 Å². The van der Waals surface area contributed by atoms with Gasteiger partial charge in [0, 0.05) is 24.0 Å². The van der Waals surface area contributed by atoms with Gasteiger partial charge in [-0.25, -0.2) is 0 Å². The zero-order chi connectivity index (χ0) is 12.5. The van der Waals surface area contributed by atoms with Crippen molar-refractivity contribution in [3.63, 3.8) is 0 Å². The predicted molar refractivity (Wildman–Crippen MR) is 76.1 cm³/mol. The van der Waals surface area contributed by atoms with Crippen molar-refractivity contribution in [2.75, 3.05) is 6.54 Å². The minimum atomic E-state index is 0.472. The highest BCUT2D eigenvalue weighted by Gasteiger charge is 2.31. The molecule has 0 saturated carbocycles. The number of aromatic nitrogens is 2. The van der Waals surface area contributed by atoms with E-state index in [0.29, 0.717) is 12.0 Å². The second-order valence-electron chi connectivity index (χ2n) is 5.03. The SMILES string of the molecule is CC(C)c1nnsc1CN1CC[C@H]1c1cccs1. The first-order chi connectivity index (χ1) is 8.75. The highest BCUT2D eigenvalue weighted by atomic mass is 32.1. The van der Waals surface area contributed by atoms with Crippen molar-refractivity contribution in [2.24, 2.45) is 0 Å². The summed E-state index contributed by atoms with van der Waals surface area (Å²) in [6.07, 6.45) is 1.28. The van der Waals surface area contributed by atoms with Crippen molar-refractivity contribution in [3.05, 3.63) is 33.0 Å². The first-order valence-corrected chi connectivity index (χ1v) is 7.99. The van der Waals surface area contributed by atoms with Gasteiger partial charge in [-0.15, -0.1) is 16.4 Å². The van der Waals surface area contributed by atoms with Crippen molar-refractivity contribution in [1.29, 1.82) is 0 Å². The Hall–Kier alpha value is -0.780. The molecule has 0 unspecified atom stereocenters. The zero-order valence-electron chi connectivity index (χ0n) is 10.7. The van der Waals surface area contributed by atoms with Crippen LogP contribution in [0.25, 0.3) is 0 Å². The average molecular weight is 279 g/mol. The Labute approximate surface area is 116 Å². The summed E-state index contributed by atoms with van der Waals surface area (Å²) in [5.74, 6) is 0.472. The molecular weight excluding hydrogens is 262 g/mol.